The van der Waals surface area contributed by atoms with E-state index >= 15 is 0 Å². The first kappa shape index (κ1) is 27.0. The van der Waals surface area contributed by atoms with E-state index in [1.807, 2.05) is 92.7 Å². The third-order valence-corrected chi connectivity index (χ3v) is 8.17. The number of H-pyrrole nitrogens is 1. The first-order valence-corrected chi connectivity index (χ1v) is 14.2. The second kappa shape index (κ2) is 11.4. The fraction of sp³-hybridized carbons (Fsp3) is 0.171. The van der Waals surface area contributed by atoms with Crippen molar-refractivity contribution >= 4 is 28.6 Å². The lowest BCUT2D eigenvalue weighted by atomic mass is 9.90. The Labute approximate surface area is 244 Å². The molecule has 210 valence electrons. The molecule has 0 aliphatic carbocycles. The van der Waals surface area contributed by atoms with Gasteiger partial charge in [-0.1, -0.05) is 105 Å². The number of para-hydroxylation sites is 1. The molecule has 3 unspecified atom stereocenters. The Morgan fingerprint density at radius 1 is 0.833 bits per heavy atom. The van der Waals surface area contributed by atoms with Crippen LogP contribution in [0, 0.1) is 5.92 Å². The Balaban J connectivity index is 1.47. The molecule has 0 radical (unpaired) electrons. The van der Waals surface area contributed by atoms with E-state index in [0.29, 0.717) is 17.5 Å². The van der Waals surface area contributed by atoms with Gasteiger partial charge in [0, 0.05) is 27.6 Å². The van der Waals surface area contributed by atoms with Crippen LogP contribution >= 0.6 is 0 Å². The summed E-state index contributed by atoms with van der Waals surface area (Å²) in [5, 5.41) is 0.983. The van der Waals surface area contributed by atoms with Crippen LogP contribution in [-0.2, 0) is 4.79 Å². The van der Waals surface area contributed by atoms with E-state index in [1.165, 1.54) is 0 Å². The molecule has 42 heavy (non-hydrogen) atoms. The minimum atomic E-state index is -0.853. The molecule has 1 aliphatic heterocycles. The highest BCUT2D eigenvalue weighted by Gasteiger charge is 2.47. The first-order valence-electron chi connectivity index (χ1n) is 14.2. The zero-order valence-electron chi connectivity index (χ0n) is 23.5. The molecule has 0 spiro atoms. The Morgan fingerprint density at radius 2 is 1.48 bits per heavy atom. The number of benzene rings is 4. The number of carbonyl (C=O) groups is 3. The van der Waals surface area contributed by atoms with Crippen molar-refractivity contribution < 1.29 is 14.4 Å². The highest BCUT2D eigenvalue weighted by atomic mass is 16.2. The molecule has 7 heteroatoms. The lowest BCUT2D eigenvalue weighted by Gasteiger charge is -2.36. The zero-order chi connectivity index (χ0) is 29.2. The number of nitrogens with one attached hydrogen (secondary N) is 3. The monoisotopic (exact) mass is 556 g/mol. The highest BCUT2D eigenvalue weighted by molar-refractivity contribution is 6.05. The van der Waals surface area contributed by atoms with Crippen molar-refractivity contribution in [2.24, 2.45) is 5.92 Å². The predicted molar refractivity (Wildman–Crippen MR) is 163 cm³/mol. The van der Waals surface area contributed by atoms with Crippen LogP contribution in [0.5, 0.6) is 0 Å². The van der Waals surface area contributed by atoms with E-state index in [9.17, 15) is 14.4 Å². The van der Waals surface area contributed by atoms with E-state index in [4.69, 9.17) is 0 Å². The van der Waals surface area contributed by atoms with Gasteiger partial charge in [-0.05, 0) is 41.3 Å². The summed E-state index contributed by atoms with van der Waals surface area (Å²) in [6.45, 7) is 3.96. The number of carbonyl (C=O) groups excluding carboxylic acids is 3. The van der Waals surface area contributed by atoms with Gasteiger partial charge in [0.15, 0.2) is 0 Å². The molecule has 0 saturated carbocycles. The van der Waals surface area contributed by atoms with Crippen LogP contribution in [0.25, 0.3) is 22.2 Å². The summed E-state index contributed by atoms with van der Waals surface area (Å²) in [6, 6.07) is 32.9. The maximum Gasteiger partial charge on any atom is 0.269 e. The van der Waals surface area contributed by atoms with Crippen molar-refractivity contribution in [1.82, 2.24) is 20.7 Å². The summed E-state index contributed by atoms with van der Waals surface area (Å²) in [4.78, 5) is 46.3. The lowest BCUT2D eigenvalue weighted by molar-refractivity contribution is -0.128. The third-order valence-electron chi connectivity index (χ3n) is 8.17. The normalized spacial score (nSPS) is 15.7. The Bertz CT molecular complexity index is 1760. The number of fused-ring (bicyclic) bond motifs is 2. The molecule has 6 rings (SSSR count). The van der Waals surface area contributed by atoms with Gasteiger partial charge in [0.25, 0.3) is 17.7 Å². The quantitative estimate of drug-likeness (QED) is 0.207. The topological polar surface area (TPSA) is 94.3 Å². The van der Waals surface area contributed by atoms with Crippen LogP contribution in [0.15, 0.2) is 109 Å². The average Bonchev–Trinajstić information content (AvgIpc) is 3.55. The van der Waals surface area contributed by atoms with Gasteiger partial charge in [-0.3, -0.25) is 25.2 Å². The predicted octanol–water partition coefficient (Wildman–Crippen LogP) is 6.26. The fourth-order valence-electron chi connectivity index (χ4n) is 5.93. The summed E-state index contributed by atoms with van der Waals surface area (Å²) in [7, 11) is 0. The smallest absolute Gasteiger partial charge is 0.269 e. The molecule has 0 fully saturated rings. The molecule has 0 bridgehead atoms. The van der Waals surface area contributed by atoms with Crippen molar-refractivity contribution in [1.29, 1.82) is 0 Å². The van der Waals surface area contributed by atoms with Gasteiger partial charge in [0.05, 0.1) is 11.7 Å². The van der Waals surface area contributed by atoms with Crippen LogP contribution in [-0.4, -0.2) is 33.6 Å². The van der Waals surface area contributed by atoms with E-state index < -0.39 is 23.9 Å². The molecule has 0 saturated heterocycles. The number of aromatic nitrogens is 1. The van der Waals surface area contributed by atoms with Crippen molar-refractivity contribution in [2.45, 2.75) is 32.4 Å². The summed E-state index contributed by atoms with van der Waals surface area (Å²) in [5.74, 6) is -1.29. The molecule has 1 aliphatic rings. The molecule has 2 heterocycles. The van der Waals surface area contributed by atoms with Gasteiger partial charge in [-0.2, -0.15) is 0 Å². The largest absolute Gasteiger partial charge is 0.354 e. The van der Waals surface area contributed by atoms with Crippen molar-refractivity contribution in [2.75, 3.05) is 0 Å². The molecule has 5 aromatic rings. The zero-order valence-corrected chi connectivity index (χ0v) is 23.5. The minimum absolute atomic E-state index is 0.204. The van der Waals surface area contributed by atoms with E-state index in [1.54, 1.807) is 29.2 Å². The van der Waals surface area contributed by atoms with E-state index in [2.05, 4.69) is 21.9 Å². The maximum atomic E-state index is 14.3. The average molecular weight is 557 g/mol. The molecule has 1 aromatic heterocycles. The number of amides is 3. The molecule has 3 N–H and O–H groups in total. The van der Waals surface area contributed by atoms with Gasteiger partial charge in [0.1, 0.15) is 6.04 Å². The SMILES string of the molecule is CCC(C)C(C(=O)NNC(=O)c1ccccc1)N1C(=O)c2ccccc2C1c1c(-c2ccccc2)[nH]c2ccccc12. The van der Waals surface area contributed by atoms with E-state index in [-0.39, 0.29) is 11.8 Å². The Kier molecular flexibility index (Phi) is 7.32. The van der Waals surface area contributed by atoms with Gasteiger partial charge in [-0.15, -0.1) is 0 Å². The van der Waals surface area contributed by atoms with Crippen LogP contribution in [0.1, 0.15) is 58.2 Å². The minimum Gasteiger partial charge on any atom is -0.354 e. The number of hydrogen-bond donors (Lipinski definition) is 3. The number of rotatable bonds is 7. The molecular weight excluding hydrogens is 524 g/mol. The third kappa shape index (κ3) is 4.73. The van der Waals surface area contributed by atoms with Gasteiger partial charge in [0.2, 0.25) is 0 Å². The van der Waals surface area contributed by atoms with Crippen molar-refractivity contribution in [3.05, 3.63) is 131 Å². The molecule has 3 amide bonds. The molecular formula is C35H32N4O3. The lowest BCUT2D eigenvalue weighted by Crippen LogP contribution is -2.55. The van der Waals surface area contributed by atoms with Crippen LogP contribution in [0.2, 0.25) is 0 Å². The van der Waals surface area contributed by atoms with Crippen LogP contribution in [0.3, 0.4) is 0 Å². The highest BCUT2D eigenvalue weighted by Crippen LogP contribution is 2.47. The van der Waals surface area contributed by atoms with Crippen LogP contribution in [0.4, 0.5) is 0 Å². The first-order chi connectivity index (χ1) is 20.5. The number of nitrogens with zero attached hydrogens (tertiary/aromatic N) is 1. The standard InChI is InChI=1S/C35H32N4O3/c1-3-22(2)31(34(41)38-37-33(40)24-16-8-5-9-17-24)39-32(25-18-10-11-19-26(25)35(39)42)29-27-20-12-13-21-28(27)36-30(29)23-14-6-4-7-15-23/h4-22,31-32,36H,3H2,1-2H3,(H,37,40)(H,38,41). The summed E-state index contributed by atoms with van der Waals surface area (Å²) in [5.41, 5.74) is 10.8. The number of aromatic amines is 1. The number of hydrogen-bond acceptors (Lipinski definition) is 3. The molecule has 3 atom stereocenters. The summed E-state index contributed by atoms with van der Waals surface area (Å²) >= 11 is 0. The maximum absolute atomic E-state index is 14.3. The Hall–Kier alpha value is -5.17. The Morgan fingerprint density at radius 3 is 2.21 bits per heavy atom. The van der Waals surface area contributed by atoms with Gasteiger partial charge >= 0.3 is 0 Å². The van der Waals surface area contributed by atoms with Crippen LogP contribution < -0.4 is 10.9 Å². The summed E-state index contributed by atoms with van der Waals surface area (Å²) < 4.78 is 0. The van der Waals surface area contributed by atoms with Crippen molar-refractivity contribution in [3.63, 3.8) is 0 Å². The molecule has 4 aromatic carbocycles. The van der Waals surface area contributed by atoms with E-state index in [0.717, 1.165) is 33.3 Å². The van der Waals surface area contributed by atoms with Gasteiger partial charge in [-0.25, -0.2) is 0 Å². The van der Waals surface area contributed by atoms with Crippen molar-refractivity contribution in [3.8, 4) is 11.3 Å². The second-order valence-corrected chi connectivity index (χ2v) is 10.7. The number of hydrazine groups is 1. The second-order valence-electron chi connectivity index (χ2n) is 10.7. The molecule has 7 nitrogen and oxygen atoms in total. The van der Waals surface area contributed by atoms with Gasteiger partial charge < -0.3 is 9.88 Å². The summed E-state index contributed by atoms with van der Waals surface area (Å²) in [6.07, 6.45) is 0.650. The fourth-order valence-corrected chi connectivity index (χ4v) is 5.93.